The quantitative estimate of drug-likeness (QED) is 0.736. The monoisotopic (exact) mass is 289 g/mol. The summed E-state index contributed by atoms with van der Waals surface area (Å²) in [6.07, 6.45) is 1.00. The zero-order valence-corrected chi connectivity index (χ0v) is 12.7. The zero-order chi connectivity index (χ0) is 14.9. The van der Waals surface area contributed by atoms with Crippen LogP contribution in [-0.4, -0.2) is 6.61 Å². The Labute approximate surface area is 130 Å². The van der Waals surface area contributed by atoms with Gasteiger partial charge in [0.25, 0.3) is 0 Å². The largest absolute Gasteiger partial charge is 0.494 e. The normalized spacial score (nSPS) is 16.3. The number of anilines is 1. The van der Waals surface area contributed by atoms with Gasteiger partial charge in [-0.25, -0.2) is 0 Å². The van der Waals surface area contributed by atoms with E-state index in [0.29, 0.717) is 6.61 Å². The molecule has 0 radical (unpaired) electrons. The SMILES string of the molecule is CCOc1ccccc1C1Cc2ccc3ccccc3c2N1. The minimum absolute atomic E-state index is 0.281. The molecule has 1 unspecified atom stereocenters. The van der Waals surface area contributed by atoms with Crippen molar-refractivity contribution in [1.29, 1.82) is 0 Å². The van der Waals surface area contributed by atoms with Gasteiger partial charge >= 0.3 is 0 Å². The third-order valence-electron chi connectivity index (χ3n) is 4.35. The summed E-state index contributed by atoms with van der Waals surface area (Å²) in [5, 5.41) is 6.30. The van der Waals surface area contributed by atoms with Crippen molar-refractivity contribution in [2.45, 2.75) is 19.4 Å². The van der Waals surface area contributed by atoms with Gasteiger partial charge < -0.3 is 10.1 Å². The molecule has 0 aliphatic carbocycles. The van der Waals surface area contributed by atoms with Crippen LogP contribution in [-0.2, 0) is 6.42 Å². The number of hydrogen-bond donors (Lipinski definition) is 1. The molecule has 1 atom stereocenters. The molecule has 1 aliphatic rings. The van der Waals surface area contributed by atoms with Crippen LogP contribution in [0.5, 0.6) is 5.75 Å². The molecule has 3 aromatic carbocycles. The summed E-state index contributed by atoms with van der Waals surface area (Å²) >= 11 is 0. The maximum Gasteiger partial charge on any atom is 0.124 e. The van der Waals surface area contributed by atoms with Gasteiger partial charge in [-0.2, -0.15) is 0 Å². The lowest BCUT2D eigenvalue weighted by atomic mass is 10.0. The lowest BCUT2D eigenvalue weighted by molar-refractivity contribution is 0.335. The molecule has 4 rings (SSSR count). The summed E-state index contributed by atoms with van der Waals surface area (Å²) in [5.41, 5.74) is 3.90. The second-order valence-electron chi connectivity index (χ2n) is 5.69. The van der Waals surface area contributed by atoms with Crippen molar-refractivity contribution in [1.82, 2.24) is 0 Å². The molecule has 0 spiro atoms. The van der Waals surface area contributed by atoms with Crippen LogP contribution in [0.15, 0.2) is 60.7 Å². The third kappa shape index (κ3) is 2.12. The first kappa shape index (κ1) is 13.2. The van der Waals surface area contributed by atoms with Gasteiger partial charge in [0.05, 0.1) is 12.6 Å². The van der Waals surface area contributed by atoms with Gasteiger partial charge in [0.15, 0.2) is 0 Å². The van der Waals surface area contributed by atoms with E-state index >= 15 is 0 Å². The molecule has 2 nitrogen and oxygen atoms in total. The number of nitrogens with one attached hydrogen (secondary N) is 1. The molecule has 0 fully saturated rings. The smallest absolute Gasteiger partial charge is 0.124 e. The van der Waals surface area contributed by atoms with E-state index in [1.165, 1.54) is 27.6 Å². The number of ether oxygens (including phenoxy) is 1. The number of hydrogen-bond acceptors (Lipinski definition) is 2. The van der Waals surface area contributed by atoms with Crippen molar-refractivity contribution in [3.05, 3.63) is 71.8 Å². The minimum Gasteiger partial charge on any atom is -0.494 e. The van der Waals surface area contributed by atoms with Crippen molar-refractivity contribution in [2.75, 3.05) is 11.9 Å². The van der Waals surface area contributed by atoms with Crippen LogP contribution in [0.3, 0.4) is 0 Å². The van der Waals surface area contributed by atoms with E-state index in [0.717, 1.165) is 12.2 Å². The van der Waals surface area contributed by atoms with Gasteiger partial charge in [-0.05, 0) is 30.4 Å². The molecular weight excluding hydrogens is 270 g/mol. The molecule has 110 valence electrons. The molecule has 0 aromatic heterocycles. The fourth-order valence-corrected chi connectivity index (χ4v) is 3.35. The van der Waals surface area contributed by atoms with Crippen LogP contribution >= 0.6 is 0 Å². The Morgan fingerprint density at radius 2 is 1.82 bits per heavy atom. The highest BCUT2D eigenvalue weighted by Gasteiger charge is 2.25. The molecule has 1 heterocycles. The number of para-hydroxylation sites is 1. The summed E-state index contributed by atoms with van der Waals surface area (Å²) in [6, 6.07) is 21.6. The predicted molar refractivity (Wildman–Crippen MR) is 91.6 cm³/mol. The van der Waals surface area contributed by atoms with E-state index in [-0.39, 0.29) is 6.04 Å². The average molecular weight is 289 g/mol. The van der Waals surface area contributed by atoms with Crippen molar-refractivity contribution in [3.8, 4) is 5.75 Å². The van der Waals surface area contributed by atoms with Crippen molar-refractivity contribution >= 4 is 16.5 Å². The van der Waals surface area contributed by atoms with Crippen molar-refractivity contribution in [3.63, 3.8) is 0 Å². The highest BCUT2D eigenvalue weighted by Crippen LogP contribution is 2.41. The van der Waals surface area contributed by atoms with E-state index < -0.39 is 0 Å². The molecule has 2 heteroatoms. The molecular formula is C20H19NO. The Balaban J connectivity index is 1.75. The fourth-order valence-electron chi connectivity index (χ4n) is 3.35. The van der Waals surface area contributed by atoms with E-state index in [9.17, 15) is 0 Å². The highest BCUT2D eigenvalue weighted by molar-refractivity contribution is 5.96. The first-order valence-corrected chi connectivity index (χ1v) is 7.85. The van der Waals surface area contributed by atoms with Crippen LogP contribution < -0.4 is 10.1 Å². The molecule has 0 bridgehead atoms. The second-order valence-corrected chi connectivity index (χ2v) is 5.69. The number of benzene rings is 3. The van der Waals surface area contributed by atoms with Crippen LogP contribution in [0, 0.1) is 0 Å². The highest BCUT2D eigenvalue weighted by atomic mass is 16.5. The fraction of sp³-hybridized carbons (Fsp3) is 0.200. The third-order valence-corrected chi connectivity index (χ3v) is 4.35. The molecule has 1 aliphatic heterocycles. The second kappa shape index (κ2) is 5.38. The Kier molecular flexibility index (Phi) is 3.23. The average Bonchev–Trinajstić information content (AvgIpc) is 3.00. The molecule has 1 N–H and O–H groups in total. The van der Waals surface area contributed by atoms with Gasteiger partial charge in [0, 0.05) is 16.6 Å². The molecule has 0 saturated carbocycles. The Bertz CT molecular complexity index is 825. The van der Waals surface area contributed by atoms with Crippen LogP contribution in [0.4, 0.5) is 5.69 Å². The molecule has 0 saturated heterocycles. The van der Waals surface area contributed by atoms with E-state index in [2.05, 4.69) is 59.9 Å². The first-order chi connectivity index (χ1) is 10.9. The topological polar surface area (TPSA) is 21.3 Å². The molecule has 3 aromatic rings. The molecule has 22 heavy (non-hydrogen) atoms. The Morgan fingerprint density at radius 3 is 2.73 bits per heavy atom. The summed E-state index contributed by atoms with van der Waals surface area (Å²) in [4.78, 5) is 0. The minimum atomic E-state index is 0.281. The maximum absolute atomic E-state index is 5.80. The van der Waals surface area contributed by atoms with Gasteiger partial charge in [-0.3, -0.25) is 0 Å². The first-order valence-electron chi connectivity index (χ1n) is 7.85. The van der Waals surface area contributed by atoms with Gasteiger partial charge in [-0.1, -0.05) is 54.6 Å². The van der Waals surface area contributed by atoms with Gasteiger partial charge in [-0.15, -0.1) is 0 Å². The van der Waals surface area contributed by atoms with Gasteiger partial charge in [0.2, 0.25) is 0 Å². The van der Waals surface area contributed by atoms with Crippen molar-refractivity contribution in [2.24, 2.45) is 0 Å². The summed E-state index contributed by atoms with van der Waals surface area (Å²) in [6.45, 7) is 2.72. The van der Waals surface area contributed by atoms with Crippen LogP contribution in [0.25, 0.3) is 10.8 Å². The Hall–Kier alpha value is -2.48. The standard InChI is InChI=1S/C20H19NO/c1-2-22-19-10-6-5-9-17(19)18-13-15-12-11-14-7-3-4-8-16(14)20(15)21-18/h3-12,18,21H,2,13H2,1H3. The van der Waals surface area contributed by atoms with Gasteiger partial charge in [0.1, 0.15) is 5.75 Å². The Morgan fingerprint density at radius 1 is 1.00 bits per heavy atom. The zero-order valence-electron chi connectivity index (χ0n) is 12.7. The van der Waals surface area contributed by atoms with Crippen LogP contribution in [0.1, 0.15) is 24.1 Å². The molecule has 0 amide bonds. The van der Waals surface area contributed by atoms with E-state index in [1.54, 1.807) is 0 Å². The van der Waals surface area contributed by atoms with E-state index in [1.807, 2.05) is 13.0 Å². The predicted octanol–water partition coefficient (Wildman–Crippen LogP) is 4.95. The number of fused-ring (bicyclic) bond motifs is 3. The summed E-state index contributed by atoms with van der Waals surface area (Å²) < 4.78 is 5.80. The van der Waals surface area contributed by atoms with E-state index in [4.69, 9.17) is 4.74 Å². The number of rotatable bonds is 3. The van der Waals surface area contributed by atoms with Crippen molar-refractivity contribution < 1.29 is 4.74 Å². The summed E-state index contributed by atoms with van der Waals surface area (Å²) in [7, 11) is 0. The lowest BCUT2D eigenvalue weighted by Crippen LogP contribution is -2.08. The maximum atomic E-state index is 5.80. The lowest BCUT2D eigenvalue weighted by Gasteiger charge is -2.16. The summed E-state index contributed by atoms with van der Waals surface area (Å²) in [5.74, 6) is 0.986. The van der Waals surface area contributed by atoms with Crippen LogP contribution in [0.2, 0.25) is 0 Å².